The van der Waals surface area contributed by atoms with Crippen molar-refractivity contribution >= 4 is 27.3 Å². The average molecular weight is 382 g/mol. The molecule has 0 saturated carbocycles. The van der Waals surface area contributed by atoms with Crippen molar-refractivity contribution in [2.45, 2.75) is 5.75 Å². The van der Waals surface area contributed by atoms with Crippen molar-refractivity contribution in [1.82, 2.24) is 0 Å². The zero-order valence-corrected chi connectivity index (χ0v) is 13.7. The summed E-state index contributed by atoms with van der Waals surface area (Å²) in [6, 6.07) is 5.57. The molecule has 0 unspecified atom stereocenters. The number of hydrogen-bond acceptors (Lipinski definition) is 7. The van der Waals surface area contributed by atoms with Gasteiger partial charge in [0.2, 0.25) is 0 Å². The van der Waals surface area contributed by atoms with Gasteiger partial charge in [0.25, 0.3) is 11.4 Å². The first-order valence-electron chi connectivity index (χ1n) is 6.89. The SMILES string of the molecule is O=[N+]([O-])c1cc(C=CS(=O)(=O)Cc2ccc(F)cc2O)cc([N+](=O)[O-])c1. The molecule has 0 fully saturated rings. The summed E-state index contributed by atoms with van der Waals surface area (Å²) in [7, 11) is -3.94. The fourth-order valence-corrected chi connectivity index (χ4v) is 3.17. The van der Waals surface area contributed by atoms with E-state index in [2.05, 4.69) is 0 Å². The van der Waals surface area contributed by atoms with Crippen LogP contribution in [0, 0.1) is 26.0 Å². The number of hydrogen-bond donors (Lipinski definition) is 1. The molecule has 0 aliphatic carbocycles. The van der Waals surface area contributed by atoms with E-state index in [4.69, 9.17) is 0 Å². The van der Waals surface area contributed by atoms with E-state index in [0.29, 0.717) is 5.41 Å². The summed E-state index contributed by atoms with van der Waals surface area (Å²) in [5, 5.41) is 31.9. The number of halogens is 1. The highest BCUT2D eigenvalue weighted by molar-refractivity contribution is 7.93. The van der Waals surface area contributed by atoms with E-state index in [-0.39, 0.29) is 11.1 Å². The minimum atomic E-state index is -3.94. The van der Waals surface area contributed by atoms with Crippen LogP contribution < -0.4 is 0 Å². The van der Waals surface area contributed by atoms with E-state index in [1.165, 1.54) is 0 Å². The highest BCUT2D eigenvalue weighted by Crippen LogP contribution is 2.25. The lowest BCUT2D eigenvalue weighted by atomic mass is 10.2. The van der Waals surface area contributed by atoms with Gasteiger partial charge in [-0.1, -0.05) is 6.07 Å². The van der Waals surface area contributed by atoms with E-state index in [0.717, 1.165) is 42.5 Å². The van der Waals surface area contributed by atoms with Gasteiger partial charge in [-0.25, -0.2) is 12.8 Å². The van der Waals surface area contributed by atoms with Gasteiger partial charge in [0.15, 0.2) is 9.84 Å². The van der Waals surface area contributed by atoms with E-state index in [1.54, 1.807) is 0 Å². The quantitative estimate of drug-likeness (QED) is 0.598. The Morgan fingerprint density at radius 2 is 1.62 bits per heavy atom. The molecule has 2 aromatic carbocycles. The molecule has 11 heteroatoms. The molecule has 0 aromatic heterocycles. The number of nitrogens with zero attached hydrogens (tertiary/aromatic N) is 2. The van der Waals surface area contributed by atoms with E-state index in [1.807, 2.05) is 0 Å². The summed E-state index contributed by atoms with van der Waals surface area (Å²) in [4.78, 5) is 20.0. The second-order valence-corrected chi connectivity index (χ2v) is 7.07. The van der Waals surface area contributed by atoms with Crippen molar-refractivity contribution in [1.29, 1.82) is 0 Å². The zero-order valence-electron chi connectivity index (χ0n) is 12.9. The number of sulfone groups is 1. The van der Waals surface area contributed by atoms with Crippen molar-refractivity contribution in [2.75, 3.05) is 0 Å². The minimum Gasteiger partial charge on any atom is -0.508 e. The Morgan fingerprint density at radius 3 is 2.12 bits per heavy atom. The Hall–Kier alpha value is -3.34. The maximum absolute atomic E-state index is 12.9. The minimum absolute atomic E-state index is 0.0407. The maximum atomic E-state index is 12.9. The lowest BCUT2D eigenvalue weighted by Gasteiger charge is -2.03. The van der Waals surface area contributed by atoms with E-state index in [9.17, 15) is 38.1 Å². The molecule has 1 N–H and O–H groups in total. The van der Waals surface area contributed by atoms with Crippen LogP contribution >= 0.6 is 0 Å². The van der Waals surface area contributed by atoms with Crippen LogP contribution in [0.15, 0.2) is 41.8 Å². The smallest absolute Gasteiger partial charge is 0.276 e. The van der Waals surface area contributed by atoms with E-state index < -0.39 is 48.4 Å². The van der Waals surface area contributed by atoms with Gasteiger partial charge in [0.1, 0.15) is 11.6 Å². The summed E-state index contributed by atoms with van der Waals surface area (Å²) >= 11 is 0. The summed E-state index contributed by atoms with van der Waals surface area (Å²) in [6.45, 7) is 0. The molecule has 0 heterocycles. The normalized spacial score (nSPS) is 11.6. The van der Waals surface area contributed by atoms with Crippen LogP contribution in [0.25, 0.3) is 6.08 Å². The first kappa shape index (κ1) is 19.0. The molecule has 9 nitrogen and oxygen atoms in total. The average Bonchev–Trinajstić information content (AvgIpc) is 2.55. The van der Waals surface area contributed by atoms with Gasteiger partial charge < -0.3 is 5.11 Å². The van der Waals surface area contributed by atoms with Crippen LogP contribution in [-0.4, -0.2) is 23.4 Å². The number of aromatic hydroxyl groups is 1. The van der Waals surface area contributed by atoms with Gasteiger partial charge in [-0.15, -0.1) is 0 Å². The van der Waals surface area contributed by atoms with Gasteiger partial charge in [-0.3, -0.25) is 20.2 Å². The van der Waals surface area contributed by atoms with E-state index >= 15 is 0 Å². The number of phenolic OH excluding ortho intramolecular Hbond substituents is 1. The van der Waals surface area contributed by atoms with Crippen LogP contribution in [0.1, 0.15) is 11.1 Å². The molecule has 0 spiro atoms. The largest absolute Gasteiger partial charge is 0.508 e. The van der Waals surface area contributed by atoms with Gasteiger partial charge in [-0.05, 0) is 17.7 Å². The van der Waals surface area contributed by atoms with Gasteiger partial charge in [0.05, 0.1) is 21.7 Å². The van der Waals surface area contributed by atoms with Crippen molar-refractivity contribution < 1.29 is 27.8 Å². The Balaban J connectivity index is 2.32. The second-order valence-electron chi connectivity index (χ2n) is 5.18. The lowest BCUT2D eigenvalue weighted by Crippen LogP contribution is -2.00. The summed E-state index contributed by atoms with van der Waals surface area (Å²) in [5.74, 6) is -1.91. The lowest BCUT2D eigenvalue weighted by molar-refractivity contribution is -0.394. The predicted molar refractivity (Wildman–Crippen MR) is 89.5 cm³/mol. The summed E-state index contributed by atoms with van der Waals surface area (Å²) in [6.07, 6.45) is 0.968. The van der Waals surface area contributed by atoms with Crippen molar-refractivity contribution in [2.24, 2.45) is 0 Å². The van der Waals surface area contributed by atoms with Gasteiger partial charge in [-0.2, -0.15) is 0 Å². The molecular weight excluding hydrogens is 371 g/mol. The highest BCUT2D eigenvalue weighted by Gasteiger charge is 2.16. The van der Waals surface area contributed by atoms with Crippen LogP contribution in [0.3, 0.4) is 0 Å². The van der Waals surface area contributed by atoms with Crippen molar-refractivity contribution in [3.63, 3.8) is 0 Å². The van der Waals surface area contributed by atoms with Crippen LogP contribution in [-0.2, 0) is 15.6 Å². The molecule has 26 heavy (non-hydrogen) atoms. The number of nitro groups is 2. The maximum Gasteiger partial charge on any atom is 0.276 e. The first-order valence-corrected chi connectivity index (χ1v) is 8.61. The molecule has 0 aliphatic heterocycles. The monoisotopic (exact) mass is 382 g/mol. The highest BCUT2D eigenvalue weighted by atomic mass is 32.2. The fraction of sp³-hybridized carbons (Fsp3) is 0.0667. The second kappa shape index (κ2) is 7.27. The zero-order chi connectivity index (χ0) is 19.5. The molecule has 0 saturated heterocycles. The molecule has 0 amide bonds. The number of nitro benzene ring substituents is 2. The Kier molecular flexibility index (Phi) is 5.31. The molecule has 136 valence electrons. The third-order valence-electron chi connectivity index (χ3n) is 3.22. The van der Waals surface area contributed by atoms with Gasteiger partial charge in [0, 0.05) is 29.2 Å². The Morgan fingerprint density at radius 1 is 1.04 bits per heavy atom. The van der Waals surface area contributed by atoms with Crippen molar-refractivity contribution in [3.05, 3.63) is 79.0 Å². The third-order valence-corrected chi connectivity index (χ3v) is 4.48. The topological polar surface area (TPSA) is 141 Å². The molecule has 0 aliphatic rings. The summed E-state index contributed by atoms with van der Waals surface area (Å²) < 4.78 is 37.1. The fourth-order valence-electron chi connectivity index (χ4n) is 2.03. The number of rotatable bonds is 6. The van der Waals surface area contributed by atoms with Crippen LogP contribution in [0.5, 0.6) is 5.75 Å². The molecule has 0 radical (unpaired) electrons. The Labute approximate surface area is 146 Å². The van der Waals surface area contributed by atoms with Crippen LogP contribution in [0.2, 0.25) is 0 Å². The number of non-ortho nitro benzene ring substituents is 2. The molecule has 2 aromatic rings. The van der Waals surface area contributed by atoms with Gasteiger partial charge >= 0.3 is 0 Å². The number of phenols is 1. The third kappa shape index (κ3) is 4.83. The number of benzene rings is 2. The van der Waals surface area contributed by atoms with Crippen molar-refractivity contribution in [3.8, 4) is 5.75 Å². The Bertz CT molecular complexity index is 986. The molecule has 2 rings (SSSR count). The van der Waals surface area contributed by atoms with Crippen LogP contribution in [0.4, 0.5) is 15.8 Å². The summed E-state index contributed by atoms with van der Waals surface area (Å²) in [5.41, 5.74) is -1.22. The predicted octanol–water partition coefficient (Wildman–Crippen LogP) is 2.93. The first-order chi connectivity index (χ1) is 12.1. The standard InChI is InChI=1S/C15H11FN2O7S/c16-12-2-1-11(15(19)7-12)9-26(24,25)4-3-10-5-13(17(20)21)8-14(6-10)18(22)23/h1-8,19H,9H2. The molecular formula is C15H11FN2O7S. The molecule has 0 atom stereocenters. The molecule has 0 bridgehead atoms.